The van der Waals surface area contributed by atoms with Crippen molar-refractivity contribution < 1.29 is 4.79 Å². The van der Waals surface area contributed by atoms with Crippen LogP contribution >= 0.6 is 0 Å². The zero-order valence-electron chi connectivity index (χ0n) is 10.3. The SMILES string of the molecule is NC(=O)c1[c]cn(CCc2c[nH]c3ccccc23)n1. The van der Waals surface area contributed by atoms with Gasteiger partial charge in [0.05, 0.1) is 0 Å². The van der Waals surface area contributed by atoms with Gasteiger partial charge in [-0.2, -0.15) is 5.10 Å². The number of benzene rings is 1. The molecule has 19 heavy (non-hydrogen) atoms. The Morgan fingerprint density at radius 3 is 3.05 bits per heavy atom. The van der Waals surface area contributed by atoms with Crippen molar-refractivity contribution in [1.82, 2.24) is 14.8 Å². The van der Waals surface area contributed by atoms with Crippen molar-refractivity contribution in [2.75, 3.05) is 0 Å². The molecule has 0 saturated heterocycles. The van der Waals surface area contributed by atoms with Gasteiger partial charge in [-0.3, -0.25) is 9.48 Å². The number of hydrogen-bond acceptors (Lipinski definition) is 2. The van der Waals surface area contributed by atoms with Crippen LogP contribution in [0.3, 0.4) is 0 Å². The minimum Gasteiger partial charge on any atom is -0.364 e. The number of aromatic nitrogens is 3. The number of aromatic amines is 1. The van der Waals surface area contributed by atoms with E-state index in [1.54, 1.807) is 10.9 Å². The number of hydrogen-bond donors (Lipinski definition) is 2. The van der Waals surface area contributed by atoms with Crippen LogP contribution in [0.2, 0.25) is 0 Å². The van der Waals surface area contributed by atoms with Crippen LogP contribution in [0.25, 0.3) is 10.9 Å². The summed E-state index contributed by atoms with van der Waals surface area (Å²) in [7, 11) is 0. The van der Waals surface area contributed by atoms with Gasteiger partial charge in [-0.15, -0.1) is 0 Å². The number of rotatable bonds is 4. The van der Waals surface area contributed by atoms with Gasteiger partial charge >= 0.3 is 0 Å². The second-order valence-electron chi connectivity index (χ2n) is 4.36. The summed E-state index contributed by atoms with van der Waals surface area (Å²) in [5.74, 6) is -0.550. The molecule has 0 aliphatic heterocycles. The van der Waals surface area contributed by atoms with E-state index in [9.17, 15) is 4.79 Å². The zero-order chi connectivity index (χ0) is 13.2. The maximum absolute atomic E-state index is 10.9. The first-order valence-corrected chi connectivity index (χ1v) is 6.04. The van der Waals surface area contributed by atoms with Crippen molar-refractivity contribution in [3.63, 3.8) is 0 Å². The number of amides is 1. The summed E-state index contributed by atoms with van der Waals surface area (Å²) in [5, 5.41) is 5.28. The number of fused-ring (bicyclic) bond motifs is 1. The molecular weight excluding hydrogens is 240 g/mol. The fraction of sp³-hybridized carbons (Fsp3) is 0.143. The van der Waals surface area contributed by atoms with Gasteiger partial charge < -0.3 is 10.7 Å². The Hall–Kier alpha value is -2.56. The van der Waals surface area contributed by atoms with E-state index in [0.717, 1.165) is 11.9 Å². The number of nitrogens with one attached hydrogen (secondary N) is 1. The number of H-pyrrole nitrogens is 1. The number of carbonyl (C=O) groups excluding carboxylic acids is 1. The third-order valence-electron chi connectivity index (χ3n) is 3.10. The minimum atomic E-state index is -0.550. The van der Waals surface area contributed by atoms with Gasteiger partial charge in [-0.1, -0.05) is 18.2 Å². The summed E-state index contributed by atoms with van der Waals surface area (Å²) in [6.07, 6.45) is 4.49. The Labute approximate surface area is 110 Å². The van der Waals surface area contributed by atoms with Crippen molar-refractivity contribution in [2.24, 2.45) is 5.73 Å². The normalized spacial score (nSPS) is 10.9. The van der Waals surface area contributed by atoms with Gasteiger partial charge in [0.2, 0.25) is 0 Å². The Kier molecular flexibility index (Phi) is 2.79. The molecule has 3 aromatic rings. The summed E-state index contributed by atoms with van der Waals surface area (Å²) in [4.78, 5) is 14.2. The van der Waals surface area contributed by atoms with Gasteiger partial charge in [0.1, 0.15) is 0 Å². The van der Waals surface area contributed by atoms with Crippen LogP contribution in [0, 0.1) is 6.07 Å². The molecule has 0 saturated carbocycles. The predicted octanol–water partition coefficient (Wildman–Crippen LogP) is 1.51. The number of primary amides is 1. The van der Waals surface area contributed by atoms with Gasteiger partial charge in [-0.05, 0) is 18.1 Å². The fourth-order valence-electron chi connectivity index (χ4n) is 2.13. The lowest BCUT2D eigenvalue weighted by Crippen LogP contribution is -2.13. The summed E-state index contributed by atoms with van der Waals surface area (Å²) < 4.78 is 1.68. The summed E-state index contributed by atoms with van der Waals surface area (Å²) in [6.45, 7) is 0.686. The van der Waals surface area contributed by atoms with Crippen molar-refractivity contribution >= 4 is 16.8 Å². The smallest absolute Gasteiger partial charge is 0.269 e. The van der Waals surface area contributed by atoms with Crippen molar-refractivity contribution in [3.05, 3.63) is 54.0 Å². The first-order valence-electron chi connectivity index (χ1n) is 6.04. The van der Waals surface area contributed by atoms with Gasteiger partial charge in [0.15, 0.2) is 5.69 Å². The summed E-state index contributed by atoms with van der Waals surface area (Å²) in [5.41, 5.74) is 7.68. The molecule has 0 spiro atoms. The van der Waals surface area contributed by atoms with Gasteiger partial charge in [0, 0.05) is 35.9 Å². The fourth-order valence-corrected chi connectivity index (χ4v) is 2.13. The highest BCUT2D eigenvalue weighted by atomic mass is 16.1. The monoisotopic (exact) mass is 253 g/mol. The van der Waals surface area contributed by atoms with E-state index in [-0.39, 0.29) is 5.69 Å². The van der Waals surface area contributed by atoms with E-state index in [4.69, 9.17) is 5.73 Å². The van der Waals surface area contributed by atoms with Gasteiger partial charge in [0.25, 0.3) is 5.91 Å². The molecule has 2 heterocycles. The topological polar surface area (TPSA) is 76.7 Å². The van der Waals surface area contributed by atoms with Crippen molar-refractivity contribution in [2.45, 2.75) is 13.0 Å². The maximum Gasteiger partial charge on any atom is 0.269 e. The highest BCUT2D eigenvalue weighted by molar-refractivity contribution is 5.90. The van der Waals surface area contributed by atoms with Gasteiger partial charge in [-0.25, -0.2) is 0 Å². The molecular formula is C14H13N4O. The highest BCUT2D eigenvalue weighted by Gasteiger charge is 2.06. The second kappa shape index (κ2) is 4.61. The molecule has 3 rings (SSSR count). The van der Waals surface area contributed by atoms with E-state index in [1.807, 2.05) is 24.4 Å². The second-order valence-corrected chi connectivity index (χ2v) is 4.36. The number of nitrogens with zero attached hydrogens (tertiary/aromatic N) is 2. The number of para-hydroxylation sites is 1. The van der Waals surface area contributed by atoms with Crippen LogP contribution in [0.4, 0.5) is 0 Å². The molecule has 3 N–H and O–H groups in total. The molecule has 1 aromatic carbocycles. The van der Waals surface area contributed by atoms with Crippen LogP contribution in [-0.2, 0) is 13.0 Å². The molecule has 1 radical (unpaired) electrons. The number of carbonyl (C=O) groups is 1. The van der Waals surface area contributed by atoms with E-state index >= 15 is 0 Å². The third kappa shape index (κ3) is 2.22. The molecule has 5 heteroatoms. The van der Waals surface area contributed by atoms with Crippen LogP contribution in [0.5, 0.6) is 0 Å². The molecule has 0 fully saturated rings. The number of aryl methyl sites for hydroxylation is 2. The van der Waals surface area contributed by atoms with Crippen LogP contribution < -0.4 is 5.73 Å². The van der Waals surface area contributed by atoms with Crippen LogP contribution in [0.1, 0.15) is 16.1 Å². The Bertz CT molecular complexity index is 726. The molecule has 0 aliphatic rings. The predicted molar refractivity (Wildman–Crippen MR) is 71.6 cm³/mol. The lowest BCUT2D eigenvalue weighted by Gasteiger charge is -2.00. The third-order valence-corrected chi connectivity index (χ3v) is 3.10. The summed E-state index contributed by atoms with van der Waals surface area (Å²) in [6, 6.07) is 10.9. The standard InChI is InChI=1S/C14H13N4O/c15-14(19)13-6-8-18(17-13)7-5-10-9-16-12-4-2-1-3-11(10)12/h1-4,8-9,16H,5,7H2,(H2,15,19). The quantitative estimate of drug-likeness (QED) is 0.739. The van der Waals surface area contributed by atoms with Crippen LogP contribution in [0.15, 0.2) is 36.7 Å². The lowest BCUT2D eigenvalue weighted by atomic mass is 10.1. The zero-order valence-corrected chi connectivity index (χ0v) is 10.3. The Morgan fingerprint density at radius 2 is 2.26 bits per heavy atom. The van der Waals surface area contributed by atoms with E-state index in [0.29, 0.717) is 6.54 Å². The average Bonchev–Trinajstić information content (AvgIpc) is 3.03. The maximum atomic E-state index is 10.9. The molecule has 0 aliphatic carbocycles. The summed E-state index contributed by atoms with van der Waals surface area (Å²) >= 11 is 0. The Balaban J connectivity index is 1.76. The number of nitrogens with two attached hydrogens (primary N) is 1. The lowest BCUT2D eigenvalue weighted by molar-refractivity contribution is 0.0994. The molecule has 0 unspecified atom stereocenters. The van der Waals surface area contributed by atoms with E-state index in [1.165, 1.54) is 10.9 Å². The minimum absolute atomic E-state index is 0.180. The molecule has 0 atom stereocenters. The van der Waals surface area contributed by atoms with E-state index < -0.39 is 5.91 Å². The molecule has 5 nitrogen and oxygen atoms in total. The van der Waals surface area contributed by atoms with Crippen molar-refractivity contribution in [1.29, 1.82) is 0 Å². The first-order chi connectivity index (χ1) is 9.24. The van der Waals surface area contributed by atoms with E-state index in [2.05, 4.69) is 22.2 Å². The van der Waals surface area contributed by atoms with Crippen molar-refractivity contribution in [3.8, 4) is 0 Å². The molecule has 1 amide bonds. The largest absolute Gasteiger partial charge is 0.364 e. The molecule has 0 bridgehead atoms. The Morgan fingerprint density at radius 1 is 1.42 bits per heavy atom. The average molecular weight is 253 g/mol. The van der Waals surface area contributed by atoms with Crippen LogP contribution in [-0.4, -0.2) is 20.7 Å². The first kappa shape index (κ1) is 11.5. The molecule has 2 aromatic heterocycles. The molecule has 95 valence electrons. The highest BCUT2D eigenvalue weighted by Crippen LogP contribution is 2.18.